The maximum Gasteiger partial charge on any atom is 0.246 e. The number of methoxy groups -OCH3 is 1. The zero-order valence-electron chi connectivity index (χ0n) is 13.8. The van der Waals surface area contributed by atoms with Crippen LogP contribution in [0.3, 0.4) is 0 Å². The highest BCUT2D eigenvalue weighted by Crippen LogP contribution is 2.42. The first-order valence-corrected chi connectivity index (χ1v) is 8.44. The van der Waals surface area contributed by atoms with Gasteiger partial charge in [0.2, 0.25) is 5.91 Å². The Morgan fingerprint density at radius 1 is 1.33 bits per heavy atom. The Labute approximate surface area is 140 Å². The van der Waals surface area contributed by atoms with Crippen molar-refractivity contribution in [1.82, 2.24) is 19.9 Å². The lowest BCUT2D eigenvalue weighted by Gasteiger charge is -2.42. The third kappa shape index (κ3) is 2.48. The minimum atomic E-state index is -0.364. The topological polar surface area (TPSA) is 80.5 Å². The van der Waals surface area contributed by atoms with Crippen LogP contribution in [-0.2, 0) is 16.1 Å². The Morgan fingerprint density at radius 3 is 2.71 bits per heavy atom. The molecule has 1 aromatic carbocycles. The highest BCUT2D eigenvalue weighted by molar-refractivity contribution is 5.78. The smallest absolute Gasteiger partial charge is 0.246 e. The van der Waals surface area contributed by atoms with E-state index in [0.717, 1.165) is 30.3 Å². The van der Waals surface area contributed by atoms with E-state index in [4.69, 9.17) is 4.74 Å². The predicted octanol–water partition coefficient (Wildman–Crippen LogP) is 0.962. The van der Waals surface area contributed by atoms with Crippen LogP contribution in [0, 0.1) is 0 Å². The molecule has 2 aliphatic rings. The molecule has 3 atom stereocenters. The molecule has 1 aromatic heterocycles. The third-order valence-electron chi connectivity index (χ3n) is 5.49. The minimum Gasteiger partial charge on any atom is -0.393 e. The maximum atomic E-state index is 12.8. The number of aliphatic hydroxyl groups excluding tert-OH is 1. The molecule has 2 aromatic rings. The van der Waals surface area contributed by atoms with Crippen LogP contribution in [0.4, 0.5) is 0 Å². The molecule has 1 amide bonds. The molecule has 24 heavy (non-hydrogen) atoms. The highest BCUT2D eigenvalue weighted by atomic mass is 16.5. The van der Waals surface area contributed by atoms with Crippen molar-refractivity contribution in [2.24, 2.45) is 0 Å². The standard InChI is InChI=1S/C17H22N4O3/c1-24-17-7-6-12(22)10-15(17)20(9-8-17)16(23)11-21-18-13-4-2-3-5-14(13)19-21/h2-5,12,15,22H,6-11H2,1H3/t12-,15+,17-/m0/s1. The monoisotopic (exact) mass is 330 g/mol. The van der Waals surface area contributed by atoms with Gasteiger partial charge in [-0.25, -0.2) is 0 Å². The van der Waals surface area contributed by atoms with Gasteiger partial charge in [-0.05, 0) is 37.8 Å². The zero-order chi connectivity index (χ0) is 16.7. The van der Waals surface area contributed by atoms with Gasteiger partial charge in [0.15, 0.2) is 0 Å². The lowest BCUT2D eigenvalue weighted by molar-refractivity contribution is -0.140. The van der Waals surface area contributed by atoms with E-state index in [1.165, 1.54) is 4.80 Å². The molecule has 4 rings (SSSR count). The second-order valence-corrected chi connectivity index (χ2v) is 6.77. The van der Waals surface area contributed by atoms with Crippen molar-refractivity contribution in [3.8, 4) is 0 Å². The van der Waals surface area contributed by atoms with Crippen LogP contribution < -0.4 is 0 Å². The first-order valence-electron chi connectivity index (χ1n) is 8.44. The minimum absolute atomic E-state index is 0.0201. The first-order chi connectivity index (χ1) is 11.6. The van der Waals surface area contributed by atoms with Crippen molar-refractivity contribution in [3.63, 3.8) is 0 Å². The number of benzene rings is 1. The Hall–Kier alpha value is -1.99. The number of nitrogens with zero attached hydrogens (tertiary/aromatic N) is 4. The number of fused-ring (bicyclic) bond motifs is 2. The van der Waals surface area contributed by atoms with Crippen LogP contribution in [0.15, 0.2) is 24.3 Å². The van der Waals surface area contributed by atoms with E-state index in [0.29, 0.717) is 13.0 Å². The molecule has 1 aliphatic carbocycles. The lowest BCUT2D eigenvalue weighted by atomic mass is 9.79. The number of carbonyl (C=O) groups excluding carboxylic acids is 1. The van der Waals surface area contributed by atoms with Gasteiger partial charge in [-0.2, -0.15) is 15.0 Å². The molecule has 0 radical (unpaired) electrons. The second-order valence-electron chi connectivity index (χ2n) is 6.77. The molecule has 128 valence electrons. The van der Waals surface area contributed by atoms with Gasteiger partial charge in [0.25, 0.3) is 0 Å². The lowest BCUT2D eigenvalue weighted by Crippen LogP contribution is -2.53. The summed E-state index contributed by atoms with van der Waals surface area (Å²) in [5, 5.41) is 18.7. The summed E-state index contributed by atoms with van der Waals surface area (Å²) < 4.78 is 5.79. The molecule has 1 saturated heterocycles. The summed E-state index contributed by atoms with van der Waals surface area (Å²) in [5.74, 6) is -0.0201. The normalized spacial score (nSPS) is 29.8. The molecule has 0 spiro atoms. The number of rotatable bonds is 3. The van der Waals surface area contributed by atoms with Crippen molar-refractivity contribution < 1.29 is 14.6 Å². The molecule has 0 unspecified atom stereocenters. The van der Waals surface area contributed by atoms with Crippen molar-refractivity contribution in [2.45, 2.75) is 50.0 Å². The van der Waals surface area contributed by atoms with E-state index in [1.54, 1.807) is 7.11 Å². The van der Waals surface area contributed by atoms with Crippen LogP contribution in [0.25, 0.3) is 11.0 Å². The fourth-order valence-corrected chi connectivity index (χ4v) is 4.16. The van der Waals surface area contributed by atoms with Gasteiger partial charge >= 0.3 is 0 Å². The Bertz CT molecular complexity index is 728. The molecule has 1 saturated carbocycles. The van der Waals surface area contributed by atoms with Gasteiger partial charge in [-0.3, -0.25) is 4.79 Å². The van der Waals surface area contributed by atoms with Crippen molar-refractivity contribution >= 4 is 16.9 Å². The van der Waals surface area contributed by atoms with Gasteiger partial charge in [0, 0.05) is 13.7 Å². The molecule has 1 aliphatic heterocycles. The number of ether oxygens (including phenoxy) is 1. The summed E-state index contributed by atoms with van der Waals surface area (Å²) in [5.41, 5.74) is 1.26. The van der Waals surface area contributed by atoms with Gasteiger partial charge in [-0.1, -0.05) is 12.1 Å². The highest BCUT2D eigenvalue weighted by Gasteiger charge is 2.52. The van der Waals surface area contributed by atoms with E-state index in [-0.39, 0.29) is 30.2 Å². The number of likely N-dealkylation sites (tertiary alicyclic amines) is 1. The van der Waals surface area contributed by atoms with E-state index in [9.17, 15) is 9.90 Å². The van der Waals surface area contributed by atoms with E-state index < -0.39 is 0 Å². The summed E-state index contributed by atoms with van der Waals surface area (Å²) in [6.45, 7) is 0.770. The quantitative estimate of drug-likeness (QED) is 0.907. The predicted molar refractivity (Wildman–Crippen MR) is 87.2 cm³/mol. The Kier molecular flexibility index (Phi) is 3.77. The first kappa shape index (κ1) is 15.5. The molecule has 2 fully saturated rings. The Balaban J connectivity index is 1.53. The van der Waals surface area contributed by atoms with Crippen LogP contribution in [0.1, 0.15) is 25.7 Å². The molecule has 7 nitrogen and oxygen atoms in total. The largest absolute Gasteiger partial charge is 0.393 e. The van der Waals surface area contributed by atoms with Crippen molar-refractivity contribution in [3.05, 3.63) is 24.3 Å². The molecule has 2 heterocycles. The maximum absolute atomic E-state index is 12.8. The molecule has 0 bridgehead atoms. The second kappa shape index (κ2) is 5.82. The molecule has 7 heteroatoms. The van der Waals surface area contributed by atoms with Crippen LogP contribution in [0.5, 0.6) is 0 Å². The number of carbonyl (C=O) groups is 1. The Morgan fingerprint density at radius 2 is 2.04 bits per heavy atom. The van der Waals surface area contributed by atoms with Gasteiger partial charge < -0.3 is 14.7 Å². The van der Waals surface area contributed by atoms with Gasteiger partial charge in [0.1, 0.15) is 17.6 Å². The summed E-state index contributed by atoms with van der Waals surface area (Å²) in [7, 11) is 1.71. The zero-order valence-corrected chi connectivity index (χ0v) is 13.8. The van der Waals surface area contributed by atoms with Crippen LogP contribution in [0.2, 0.25) is 0 Å². The number of hydrogen-bond donors (Lipinski definition) is 1. The summed E-state index contributed by atoms with van der Waals surface area (Å²) in [4.78, 5) is 16.1. The fraction of sp³-hybridized carbons (Fsp3) is 0.588. The third-order valence-corrected chi connectivity index (χ3v) is 5.49. The summed E-state index contributed by atoms with van der Waals surface area (Å²) in [6, 6.07) is 7.50. The molecular weight excluding hydrogens is 308 g/mol. The number of aromatic nitrogens is 3. The van der Waals surface area contributed by atoms with Gasteiger partial charge in [0.05, 0.1) is 17.7 Å². The number of aliphatic hydroxyl groups is 1. The van der Waals surface area contributed by atoms with Crippen LogP contribution >= 0.6 is 0 Å². The average molecular weight is 330 g/mol. The SMILES string of the molecule is CO[C@]12CC[C@H](O)C[C@H]1N(C(=O)Cn1nc3ccccc3n1)CC2. The molecule has 1 N–H and O–H groups in total. The number of hydrogen-bond acceptors (Lipinski definition) is 5. The van der Waals surface area contributed by atoms with E-state index in [1.807, 2.05) is 29.2 Å². The summed E-state index contributed by atoms with van der Waals surface area (Å²) >= 11 is 0. The van der Waals surface area contributed by atoms with Crippen molar-refractivity contribution in [1.29, 1.82) is 0 Å². The van der Waals surface area contributed by atoms with E-state index in [2.05, 4.69) is 10.2 Å². The fourth-order valence-electron chi connectivity index (χ4n) is 4.16. The van der Waals surface area contributed by atoms with E-state index >= 15 is 0 Å². The summed E-state index contributed by atoms with van der Waals surface area (Å²) in [6.07, 6.45) is 2.56. The number of amides is 1. The average Bonchev–Trinajstić information content (AvgIpc) is 3.15. The van der Waals surface area contributed by atoms with Crippen molar-refractivity contribution in [2.75, 3.05) is 13.7 Å². The molecular formula is C17H22N4O3. The van der Waals surface area contributed by atoms with Crippen LogP contribution in [-0.4, -0.2) is 62.3 Å². The van der Waals surface area contributed by atoms with Gasteiger partial charge in [-0.15, -0.1) is 0 Å².